The quantitative estimate of drug-likeness (QED) is 0.749. The van der Waals surface area contributed by atoms with E-state index < -0.39 is 0 Å². The van der Waals surface area contributed by atoms with Crippen LogP contribution in [0.4, 0.5) is 0 Å². The lowest BCUT2D eigenvalue weighted by molar-refractivity contribution is 0.249. The first-order valence-corrected chi connectivity index (χ1v) is 6.71. The molecule has 0 aliphatic heterocycles. The molecular formula is C13H17NS. The zero-order valence-electron chi connectivity index (χ0n) is 9.04. The molecule has 0 aromatic carbocycles. The van der Waals surface area contributed by atoms with Gasteiger partial charge in [-0.1, -0.05) is 19.3 Å². The van der Waals surface area contributed by atoms with E-state index in [9.17, 15) is 5.26 Å². The Kier molecular flexibility index (Phi) is 3.43. The molecule has 0 N–H and O–H groups in total. The molecule has 15 heavy (non-hydrogen) atoms. The van der Waals surface area contributed by atoms with Gasteiger partial charge >= 0.3 is 0 Å². The summed E-state index contributed by atoms with van der Waals surface area (Å²) in [4.78, 5) is 0. The van der Waals surface area contributed by atoms with E-state index in [0.29, 0.717) is 0 Å². The average Bonchev–Trinajstić information content (AvgIpc) is 2.81. The maximum absolute atomic E-state index is 9.32. The summed E-state index contributed by atoms with van der Waals surface area (Å²) >= 11 is 1.75. The molecule has 1 aliphatic rings. The van der Waals surface area contributed by atoms with Crippen molar-refractivity contribution in [2.24, 2.45) is 5.41 Å². The van der Waals surface area contributed by atoms with Crippen molar-refractivity contribution in [3.63, 3.8) is 0 Å². The maximum atomic E-state index is 9.32. The van der Waals surface area contributed by atoms with Gasteiger partial charge in [0.05, 0.1) is 11.5 Å². The fourth-order valence-electron chi connectivity index (χ4n) is 2.46. The summed E-state index contributed by atoms with van der Waals surface area (Å²) in [6.07, 6.45) is 8.19. The first kappa shape index (κ1) is 10.7. The first-order valence-electron chi connectivity index (χ1n) is 5.77. The standard InChI is InChI=1S/C13H17NS/c14-11-13(6-2-1-3-7-13)8-4-12-5-9-15-10-12/h5,9-10H,1-4,6-8H2. The van der Waals surface area contributed by atoms with E-state index in [1.54, 1.807) is 11.3 Å². The summed E-state index contributed by atoms with van der Waals surface area (Å²) in [7, 11) is 0. The number of nitrogens with zero attached hydrogens (tertiary/aromatic N) is 1. The molecule has 1 aromatic heterocycles. The lowest BCUT2D eigenvalue weighted by Gasteiger charge is -2.30. The van der Waals surface area contributed by atoms with E-state index in [1.165, 1.54) is 24.8 Å². The Balaban J connectivity index is 1.93. The second-order valence-electron chi connectivity index (χ2n) is 4.58. The Morgan fingerprint density at radius 2 is 2.13 bits per heavy atom. The zero-order chi connectivity index (χ0) is 10.6. The van der Waals surface area contributed by atoms with Crippen LogP contribution in [0.25, 0.3) is 0 Å². The highest BCUT2D eigenvalue weighted by Crippen LogP contribution is 2.39. The van der Waals surface area contributed by atoms with Crippen LogP contribution in [0.15, 0.2) is 16.8 Å². The molecule has 0 unspecified atom stereocenters. The Hall–Kier alpha value is -0.810. The van der Waals surface area contributed by atoms with Gasteiger partial charge in [0.15, 0.2) is 0 Å². The summed E-state index contributed by atoms with van der Waals surface area (Å²) in [5.74, 6) is 0. The number of nitriles is 1. The summed E-state index contributed by atoms with van der Waals surface area (Å²) in [5.41, 5.74) is 1.40. The third-order valence-electron chi connectivity index (χ3n) is 3.52. The van der Waals surface area contributed by atoms with E-state index in [0.717, 1.165) is 25.7 Å². The van der Waals surface area contributed by atoms with Crippen LogP contribution in [-0.2, 0) is 6.42 Å². The topological polar surface area (TPSA) is 23.8 Å². The molecule has 80 valence electrons. The van der Waals surface area contributed by atoms with Gasteiger partial charge in [-0.15, -0.1) is 0 Å². The molecule has 1 fully saturated rings. The van der Waals surface area contributed by atoms with Crippen LogP contribution in [-0.4, -0.2) is 0 Å². The third kappa shape index (κ3) is 2.60. The second-order valence-corrected chi connectivity index (χ2v) is 5.36. The molecular weight excluding hydrogens is 202 g/mol. The van der Waals surface area contributed by atoms with Crippen LogP contribution in [0.5, 0.6) is 0 Å². The third-order valence-corrected chi connectivity index (χ3v) is 4.25. The molecule has 0 amide bonds. The minimum atomic E-state index is 0.000185. The van der Waals surface area contributed by atoms with Crippen LogP contribution in [0.3, 0.4) is 0 Å². The lowest BCUT2D eigenvalue weighted by atomic mass is 9.72. The summed E-state index contributed by atoms with van der Waals surface area (Å²) in [5, 5.41) is 13.6. The van der Waals surface area contributed by atoms with E-state index in [-0.39, 0.29) is 5.41 Å². The molecule has 0 bridgehead atoms. The van der Waals surface area contributed by atoms with Crippen LogP contribution in [0.2, 0.25) is 0 Å². The Labute approximate surface area is 95.7 Å². The number of hydrogen-bond donors (Lipinski definition) is 0. The van der Waals surface area contributed by atoms with Crippen LogP contribution >= 0.6 is 11.3 Å². The van der Waals surface area contributed by atoms with Crippen molar-refractivity contribution in [3.05, 3.63) is 22.4 Å². The molecule has 0 spiro atoms. The van der Waals surface area contributed by atoms with Crippen LogP contribution < -0.4 is 0 Å². The van der Waals surface area contributed by atoms with E-state index in [2.05, 4.69) is 22.9 Å². The van der Waals surface area contributed by atoms with Crippen molar-refractivity contribution in [2.75, 3.05) is 0 Å². The summed E-state index contributed by atoms with van der Waals surface area (Å²) in [6, 6.07) is 4.76. The number of aryl methyl sites for hydroxylation is 1. The number of thiophene rings is 1. The van der Waals surface area contributed by atoms with Gasteiger partial charge in [-0.3, -0.25) is 0 Å². The molecule has 1 saturated carbocycles. The molecule has 1 aliphatic carbocycles. The largest absolute Gasteiger partial charge is 0.198 e. The molecule has 1 heterocycles. The van der Waals surface area contributed by atoms with Gasteiger partial charge in [-0.2, -0.15) is 16.6 Å². The van der Waals surface area contributed by atoms with Crippen molar-refractivity contribution in [3.8, 4) is 6.07 Å². The molecule has 1 aromatic rings. The van der Waals surface area contributed by atoms with Crippen molar-refractivity contribution >= 4 is 11.3 Å². The van der Waals surface area contributed by atoms with Crippen molar-refractivity contribution < 1.29 is 0 Å². The van der Waals surface area contributed by atoms with Crippen molar-refractivity contribution in [1.29, 1.82) is 5.26 Å². The molecule has 0 saturated heterocycles. The SMILES string of the molecule is N#CC1(CCc2ccsc2)CCCCC1. The lowest BCUT2D eigenvalue weighted by Crippen LogP contribution is -2.22. The number of hydrogen-bond acceptors (Lipinski definition) is 2. The Morgan fingerprint density at radius 1 is 1.33 bits per heavy atom. The summed E-state index contributed by atoms with van der Waals surface area (Å²) in [6.45, 7) is 0. The van der Waals surface area contributed by atoms with Gasteiger partial charge in [0.1, 0.15) is 0 Å². The molecule has 2 heteroatoms. The highest BCUT2D eigenvalue weighted by Gasteiger charge is 2.31. The molecule has 1 nitrogen and oxygen atoms in total. The van der Waals surface area contributed by atoms with Gasteiger partial charge in [0, 0.05) is 0 Å². The van der Waals surface area contributed by atoms with E-state index in [4.69, 9.17) is 0 Å². The predicted molar refractivity (Wildman–Crippen MR) is 63.8 cm³/mol. The van der Waals surface area contributed by atoms with Gasteiger partial charge in [-0.25, -0.2) is 0 Å². The zero-order valence-corrected chi connectivity index (χ0v) is 9.85. The normalized spacial score (nSPS) is 19.7. The molecule has 0 atom stereocenters. The second kappa shape index (κ2) is 4.81. The fraction of sp³-hybridized carbons (Fsp3) is 0.615. The van der Waals surface area contributed by atoms with Gasteiger partial charge < -0.3 is 0 Å². The van der Waals surface area contributed by atoms with Gasteiger partial charge in [-0.05, 0) is 48.1 Å². The molecule has 2 rings (SSSR count). The molecule has 0 radical (unpaired) electrons. The number of rotatable bonds is 3. The maximum Gasteiger partial charge on any atom is 0.0689 e. The first-order chi connectivity index (χ1) is 7.35. The van der Waals surface area contributed by atoms with E-state index in [1.807, 2.05) is 0 Å². The minimum absolute atomic E-state index is 0.000185. The van der Waals surface area contributed by atoms with Crippen molar-refractivity contribution in [1.82, 2.24) is 0 Å². The van der Waals surface area contributed by atoms with Crippen LogP contribution in [0.1, 0.15) is 44.1 Å². The average molecular weight is 219 g/mol. The minimum Gasteiger partial charge on any atom is -0.198 e. The highest BCUT2D eigenvalue weighted by atomic mass is 32.1. The van der Waals surface area contributed by atoms with Crippen molar-refractivity contribution in [2.45, 2.75) is 44.9 Å². The summed E-state index contributed by atoms with van der Waals surface area (Å²) < 4.78 is 0. The van der Waals surface area contributed by atoms with Gasteiger partial charge in [0.2, 0.25) is 0 Å². The van der Waals surface area contributed by atoms with Gasteiger partial charge in [0.25, 0.3) is 0 Å². The van der Waals surface area contributed by atoms with Crippen LogP contribution in [0, 0.1) is 16.7 Å². The Morgan fingerprint density at radius 3 is 2.73 bits per heavy atom. The highest BCUT2D eigenvalue weighted by molar-refractivity contribution is 7.07. The fourth-order valence-corrected chi connectivity index (χ4v) is 3.17. The monoisotopic (exact) mass is 219 g/mol. The predicted octanol–water partition coefficient (Wildman–Crippen LogP) is 4.15. The smallest absolute Gasteiger partial charge is 0.0689 e. The Bertz CT molecular complexity index is 328. The van der Waals surface area contributed by atoms with E-state index >= 15 is 0 Å².